The fourth-order valence-corrected chi connectivity index (χ4v) is 1.57. The molecule has 0 spiro atoms. The molecular formula is C12H14FNO. The molecule has 0 bridgehead atoms. The Balaban J connectivity index is 1.84. The van der Waals surface area contributed by atoms with Gasteiger partial charge in [-0.05, 0) is 37.1 Å². The van der Waals surface area contributed by atoms with Crippen molar-refractivity contribution < 1.29 is 9.13 Å². The van der Waals surface area contributed by atoms with Crippen molar-refractivity contribution >= 4 is 5.69 Å². The summed E-state index contributed by atoms with van der Waals surface area (Å²) in [7, 11) is 0. The standard InChI is InChI=1S/C12H14FNO/c13-10-4-3-5-11(8-10)14-9-12-6-1-2-7-15-12/h2-5,7-8,12,14H,1,6,9H2. The fourth-order valence-electron chi connectivity index (χ4n) is 1.57. The van der Waals surface area contributed by atoms with Gasteiger partial charge in [0.1, 0.15) is 11.9 Å². The molecule has 0 saturated carbocycles. The highest BCUT2D eigenvalue weighted by atomic mass is 19.1. The molecule has 0 aliphatic carbocycles. The highest BCUT2D eigenvalue weighted by Crippen LogP contribution is 2.13. The normalized spacial score (nSPS) is 19.7. The molecule has 0 aromatic heterocycles. The largest absolute Gasteiger partial charge is 0.497 e. The van der Waals surface area contributed by atoms with E-state index in [1.807, 2.05) is 12.1 Å². The van der Waals surface area contributed by atoms with Gasteiger partial charge in [-0.15, -0.1) is 0 Å². The Bertz CT molecular complexity index is 351. The minimum Gasteiger partial charge on any atom is -0.497 e. The van der Waals surface area contributed by atoms with Crippen LogP contribution in [-0.4, -0.2) is 12.6 Å². The smallest absolute Gasteiger partial charge is 0.125 e. The monoisotopic (exact) mass is 207 g/mol. The molecule has 1 atom stereocenters. The van der Waals surface area contributed by atoms with Crippen LogP contribution >= 0.6 is 0 Å². The van der Waals surface area contributed by atoms with Gasteiger partial charge in [-0.2, -0.15) is 0 Å². The lowest BCUT2D eigenvalue weighted by Gasteiger charge is -2.20. The molecule has 0 amide bonds. The second-order valence-electron chi connectivity index (χ2n) is 3.60. The molecule has 2 nitrogen and oxygen atoms in total. The van der Waals surface area contributed by atoms with Crippen molar-refractivity contribution in [2.24, 2.45) is 0 Å². The first-order valence-corrected chi connectivity index (χ1v) is 5.14. The molecule has 1 heterocycles. The predicted octanol–water partition coefficient (Wildman–Crippen LogP) is 2.93. The van der Waals surface area contributed by atoms with Crippen LogP contribution in [0.4, 0.5) is 10.1 Å². The van der Waals surface area contributed by atoms with E-state index in [1.165, 1.54) is 12.1 Å². The SMILES string of the molecule is Fc1cccc(NCC2CCC=CO2)c1. The molecule has 1 unspecified atom stereocenters. The highest BCUT2D eigenvalue weighted by Gasteiger charge is 2.10. The molecule has 1 N–H and O–H groups in total. The lowest BCUT2D eigenvalue weighted by molar-refractivity contribution is 0.135. The van der Waals surface area contributed by atoms with E-state index in [2.05, 4.69) is 5.32 Å². The van der Waals surface area contributed by atoms with Crippen molar-refractivity contribution in [3.05, 3.63) is 42.4 Å². The van der Waals surface area contributed by atoms with Gasteiger partial charge in [-0.1, -0.05) is 6.07 Å². The minimum atomic E-state index is -0.218. The van der Waals surface area contributed by atoms with Crippen LogP contribution in [-0.2, 0) is 4.74 Å². The van der Waals surface area contributed by atoms with E-state index < -0.39 is 0 Å². The van der Waals surface area contributed by atoms with Crippen molar-refractivity contribution in [1.29, 1.82) is 0 Å². The maximum absolute atomic E-state index is 12.9. The zero-order valence-electron chi connectivity index (χ0n) is 8.45. The van der Waals surface area contributed by atoms with Gasteiger partial charge in [0.15, 0.2) is 0 Å². The third-order valence-electron chi connectivity index (χ3n) is 2.38. The third kappa shape index (κ3) is 2.98. The van der Waals surface area contributed by atoms with Gasteiger partial charge in [0, 0.05) is 5.69 Å². The van der Waals surface area contributed by atoms with Crippen molar-refractivity contribution in [2.45, 2.75) is 18.9 Å². The van der Waals surface area contributed by atoms with Crippen molar-refractivity contribution in [3.63, 3.8) is 0 Å². The Morgan fingerprint density at radius 1 is 1.47 bits per heavy atom. The number of rotatable bonds is 3. The fraction of sp³-hybridized carbons (Fsp3) is 0.333. The maximum atomic E-state index is 12.9. The summed E-state index contributed by atoms with van der Waals surface area (Å²) >= 11 is 0. The van der Waals surface area contributed by atoms with Gasteiger partial charge in [-0.25, -0.2) is 4.39 Å². The van der Waals surface area contributed by atoms with Crippen LogP contribution in [0.2, 0.25) is 0 Å². The van der Waals surface area contributed by atoms with Crippen LogP contribution in [0.5, 0.6) is 0 Å². The van der Waals surface area contributed by atoms with Crippen LogP contribution in [0.1, 0.15) is 12.8 Å². The number of halogens is 1. The van der Waals surface area contributed by atoms with Crippen LogP contribution in [0, 0.1) is 5.82 Å². The number of hydrogen-bond donors (Lipinski definition) is 1. The molecule has 2 rings (SSSR count). The zero-order valence-corrected chi connectivity index (χ0v) is 8.45. The molecule has 1 aromatic rings. The van der Waals surface area contributed by atoms with Gasteiger partial charge in [-0.3, -0.25) is 0 Å². The zero-order chi connectivity index (χ0) is 10.5. The third-order valence-corrected chi connectivity index (χ3v) is 2.38. The van der Waals surface area contributed by atoms with E-state index in [0.29, 0.717) is 6.54 Å². The van der Waals surface area contributed by atoms with Crippen LogP contribution in [0.15, 0.2) is 36.6 Å². The number of nitrogens with one attached hydrogen (secondary N) is 1. The quantitative estimate of drug-likeness (QED) is 0.822. The number of benzene rings is 1. The van der Waals surface area contributed by atoms with Gasteiger partial charge < -0.3 is 10.1 Å². The Kier molecular flexibility index (Phi) is 3.22. The lowest BCUT2D eigenvalue weighted by Crippen LogP contribution is -2.22. The average Bonchev–Trinajstić information content (AvgIpc) is 2.28. The van der Waals surface area contributed by atoms with Crippen molar-refractivity contribution in [3.8, 4) is 0 Å². The first-order valence-electron chi connectivity index (χ1n) is 5.14. The average molecular weight is 207 g/mol. The summed E-state index contributed by atoms with van der Waals surface area (Å²) in [5.41, 5.74) is 0.799. The molecule has 0 saturated heterocycles. The van der Waals surface area contributed by atoms with Gasteiger partial charge in [0.05, 0.1) is 12.8 Å². The van der Waals surface area contributed by atoms with E-state index in [4.69, 9.17) is 4.74 Å². The van der Waals surface area contributed by atoms with Gasteiger partial charge >= 0.3 is 0 Å². The van der Waals surface area contributed by atoms with Crippen molar-refractivity contribution in [2.75, 3.05) is 11.9 Å². The first-order chi connectivity index (χ1) is 7.34. The Labute approximate surface area is 88.8 Å². The topological polar surface area (TPSA) is 21.3 Å². The minimum absolute atomic E-state index is 0.193. The Morgan fingerprint density at radius 3 is 3.13 bits per heavy atom. The van der Waals surface area contributed by atoms with Gasteiger partial charge in [0.2, 0.25) is 0 Å². The van der Waals surface area contributed by atoms with Gasteiger partial charge in [0.25, 0.3) is 0 Å². The Morgan fingerprint density at radius 2 is 2.40 bits per heavy atom. The molecule has 3 heteroatoms. The number of ether oxygens (including phenoxy) is 1. The van der Waals surface area contributed by atoms with E-state index in [1.54, 1.807) is 12.3 Å². The number of allylic oxidation sites excluding steroid dienone is 1. The first kappa shape index (κ1) is 10.0. The molecule has 1 aliphatic heterocycles. The lowest BCUT2D eigenvalue weighted by atomic mass is 10.1. The summed E-state index contributed by atoms with van der Waals surface area (Å²) in [6, 6.07) is 6.46. The number of hydrogen-bond acceptors (Lipinski definition) is 2. The van der Waals surface area contributed by atoms with E-state index in [9.17, 15) is 4.39 Å². The van der Waals surface area contributed by atoms with E-state index in [0.717, 1.165) is 18.5 Å². The van der Waals surface area contributed by atoms with Crippen molar-refractivity contribution in [1.82, 2.24) is 0 Å². The summed E-state index contributed by atoms with van der Waals surface area (Å²) in [4.78, 5) is 0. The molecule has 80 valence electrons. The number of anilines is 1. The Hall–Kier alpha value is -1.51. The van der Waals surface area contributed by atoms with E-state index >= 15 is 0 Å². The van der Waals surface area contributed by atoms with E-state index in [-0.39, 0.29) is 11.9 Å². The highest BCUT2D eigenvalue weighted by molar-refractivity contribution is 5.43. The van der Waals surface area contributed by atoms with Crippen LogP contribution < -0.4 is 5.32 Å². The summed E-state index contributed by atoms with van der Waals surface area (Å²) < 4.78 is 18.2. The molecule has 1 aromatic carbocycles. The summed E-state index contributed by atoms with van der Waals surface area (Å²) in [5.74, 6) is -0.218. The molecular weight excluding hydrogens is 193 g/mol. The molecule has 15 heavy (non-hydrogen) atoms. The summed E-state index contributed by atoms with van der Waals surface area (Å²) in [6.07, 6.45) is 6.01. The molecule has 1 aliphatic rings. The van der Waals surface area contributed by atoms with Crippen LogP contribution in [0.3, 0.4) is 0 Å². The van der Waals surface area contributed by atoms with Crippen LogP contribution in [0.25, 0.3) is 0 Å². The molecule has 0 fully saturated rings. The summed E-state index contributed by atoms with van der Waals surface area (Å²) in [6.45, 7) is 0.716. The second kappa shape index (κ2) is 4.82. The second-order valence-corrected chi connectivity index (χ2v) is 3.60. The predicted molar refractivity (Wildman–Crippen MR) is 58.1 cm³/mol. The maximum Gasteiger partial charge on any atom is 0.125 e. The molecule has 0 radical (unpaired) electrons. The summed E-state index contributed by atoms with van der Waals surface area (Å²) in [5, 5.41) is 3.16.